The van der Waals surface area contributed by atoms with Gasteiger partial charge in [0, 0.05) is 19.6 Å². The van der Waals surface area contributed by atoms with Crippen LogP contribution in [-0.4, -0.2) is 45.7 Å². The van der Waals surface area contributed by atoms with Crippen LogP contribution < -0.4 is 25.4 Å². The van der Waals surface area contributed by atoms with E-state index in [0.29, 0.717) is 37.1 Å². The molecule has 1 aromatic carbocycles. The van der Waals surface area contributed by atoms with E-state index in [0.717, 1.165) is 12.1 Å². The van der Waals surface area contributed by atoms with Crippen molar-refractivity contribution in [1.82, 2.24) is 16.0 Å². The van der Waals surface area contributed by atoms with Gasteiger partial charge in [0.2, 0.25) is 5.91 Å². The molecule has 3 N–H and O–H groups in total. The van der Waals surface area contributed by atoms with Gasteiger partial charge in [-0.3, -0.25) is 4.79 Å². The Kier molecular flexibility index (Phi) is 11.8. The fourth-order valence-corrected chi connectivity index (χ4v) is 2.28. The highest BCUT2D eigenvalue weighted by Gasteiger charge is 2.27. The summed E-state index contributed by atoms with van der Waals surface area (Å²) in [5, 5.41) is 9.30. The number of methoxy groups -OCH3 is 2. The number of carbonyl (C=O) groups is 1. The third kappa shape index (κ3) is 8.23. The number of halogens is 1. The van der Waals surface area contributed by atoms with E-state index in [1.807, 2.05) is 45.9 Å². The van der Waals surface area contributed by atoms with Gasteiger partial charge in [0.05, 0.1) is 26.2 Å². The van der Waals surface area contributed by atoms with Crippen molar-refractivity contribution in [3.8, 4) is 11.5 Å². The summed E-state index contributed by atoms with van der Waals surface area (Å²) in [5.41, 5.74) is 0.470. The Morgan fingerprint density at radius 3 is 2.22 bits per heavy atom. The van der Waals surface area contributed by atoms with Crippen LogP contribution in [0.25, 0.3) is 0 Å². The first kappa shape index (κ1) is 25.3. The number of rotatable bonds is 9. The molecule has 0 heterocycles. The Morgan fingerprint density at radius 2 is 1.67 bits per heavy atom. The first-order valence-corrected chi connectivity index (χ1v) is 8.89. The molecule has 27 heavy (non-hydrogen) atoms. The predicted octanol–water partition coefficient (Wildman–Crippen LogP) is 2.54. The first-order chi connectivity index (χ1) is 12.4. The second-order valence-corrected chi connectivity index (χ2v) is 6.48. The van der Waals surface area contributed by atoms with E-state index < -0.39 is 5.41 Å². The summed E-state index contributed by atoms with van der Waals surface area (Å²) in [5.74, 6) is 2.05. The van der Waals surface area contributed by atoms with Gasteiger partial charge < -0.3 is 25.4 Å². The topological polar surface area (TPSA) is 84.0 Å². The first-order valence-electron chi connectivity index (χ1n) is 8.89. The van der Waals surface area contributed by atoms with Crippen LogP contribution in [0.3, 0.4) is 0 Å². The lowest BCUT2D eigenvalue weighted by atomic mass is 9.92. The van der Waals surface area contributed by atoms with Gasteiger partial charge in [-0.15, -0.1) is 24.0 Å². The zero-order valence-electron chi connectivity index (χ0n) is 17.1. The molecule has 0 unspecified atom stereocenters. The zero-order valence-corrected chi connectivity index (χ0v) is 19.5. The summed E-state index contributed by atoms with van der Waals surface area (Å²) in [6.07, 6.45) is 0. The van der Waals surface area contributed by atoms with E-state index in [4.69, 9.17) is 9.47 Å². The highest BCUT2D eigenvalue weighted by atomic mass is 127. The maximum atomic E-state index is 12.1. The number of ether oxygens (including phenoxy) is 2. The number of guanidine groups is 1. The van der Waals surface area contributed by atoms with Crippen LogP contribution in [0.5, 0.6) is 11.5 Å². The molecule has 0 radical (unpaired) electrons. The molecule has 0 spiro atoms. The van der Waals surface area contributed by atoms with Crippen molar-refractivity contribution in [3.05, 3.63) is 23.8 Å². The SMILES string of the molecule is CCNC(=O)C(C)(C)CNC(=NCc1ccc(OC)c(OC)c1)NCC.I. The lowest BCUT2D eigenvalue weighted by Gasteiger charge is -2.24. The van der Waals surface area contributed by atoms with Crippen LogP contribution >= 0.6 is 24.0 Å². The van der Waals surface area contributed by atoms with Crippen molar-refractivity contribution in [2.75, 3.05) is 33.9 Å². The van der Waals surface area contributed by atoms with Crippen molar-refractivity contribution in [2.24, 2.45) is 10.4 Å². The molecule has 1 aromatic rings. The molecule has 0 fully saturated rings. The Bertz CT molecular complexity index is 621. The Labute approximate surface area is 179 Å². The molecule has 0 aliphatic rings. The van der Waals surface area contributed by atoms with E-state index in [9.17, 15) is 4.79 Å². The predicted molar refractivity (Wildman–Crippen MR) is 120 cm³/mol. The molecule has 8 heteroatoms. The quantitative estimate of drug-likeness (QED) is 0.281. The zero-order chi connectivity index (χ0) is 19.6. The van der Waals surface area contributed by atoms with E-state index in [1.54, 1.807) is 14.2 Å². The van der Waals surface area contributed by atoms with E-state index in [1.165, 1.54) is 0 Å². The second kappa shape index (κ2) is 12.6. The van der Waals surface area contributed by atoms with Gasteiger partial charge in [-0.1, -0.05) is 6.07 Å². The molecule has 0 aliphatic heterocycles. The lowest BCUT2D eigenvalue weighted by molar-refractivity contribution is -0.128. The normalized spacial score (nSPS) is 11.3. The van der Waals surface area contributed by atoms with Gasteiger partial charge >= 0.3 is 0 Å². The molecular formula is C19H33IN4O3. The van der Waals surface area contributed by atoms with Crippen molar-refractivity contribution < 1.29 is 14.3 Å². The summed E-state index contributed by atoms with van der Waals surface area (Å²) in [4.78, 5) is 16.7. The van der Waals surface area contributed by atoms with Crippen LogP contribution in [0, 0.1) is 5.41 Å². The number of aliphatic imine (C=N–C) groups is 1. The van der Waals surface area contributed by atoms with Crippen molar-refractivity contribution >= 4 is 35.8 Å². The molecule has 154 valence electrons. The van der Waals surface area contributed by atoms with Gasteiger partial charge in [0.1, 0.15) is 0 Å². The summed E-state index contributed by atoms with van der Waals surface area (Å²) in [7, 11) is 3.22. The number of amides is 1. The Hall–Kier alpha value is -1.71. The van der Waals surface area contributed by atoms with Gasteiger partial charge in [-0.25, -0.2) is 4.99 Å². The Morgan fingerprint density at radius 1 is 1.04 bits per heavy atom. The fraction of sp³-hybridized carbons (Fsp3) is 0.579. The Balaban J connectivity index is 0.00000676. The number of nitrogens with zero attached hydrogens (tertiary/aromatic N) is 1. The van der Waals surface area contributed by atoms with E-state index in [-0.39, 0.29) is 29.9 Å². The summed E-state index contributed by atoms with van der Waals surface area (Å²) in [6.45, 7) is 10.0. The van der Waals surface area contributed by atoms with Crippen LogP contribution in [-0.2, 0) is 11.3 Å². The molecule has 0 bridgehead atoms. The highest BCUT2D eigenvalue weighted by Crippen LogP contribution is 2.27. The van der Waals surface area contributed by atoms with Gasteiger partial charge in [-0.05, 0) is 45.4 Å². The molecule has 0 aromatic heterocycles. The van der Waals surface area contributed by atoms with Crippen LogP contribution in [0.4, 0.5) is 0 Å². The maximum Gasteiger partial charge on any atom is 0.227 e. The molecule has 7 nitrogen and oxygen atoms in total. The van der Waals surface area contributed by atoms with Crippen LogP contribution in [0.1, 0.15) is 33.3 Å². The van der Waals surface area contributed by atoms with Gasteiger partial charge in [0.15, 0.2) is 17.5 Å². The lowest BCUT2D eigenvalue weighted by Crippen LogP contribution is -2.47. The third-order valence-corrected chi connectivity index (χ3v) is 3.86. The average Bonchev–Trinajstić information content (AvgIpc) is 2.63. The summed E-state index contributed by atoms with van der Waals surface area (Å²) >= 11 is 0. The summed E-state index contributed by atoms with van der Waals surface area (Å²) in [6, 6.07) is 5.72. The molecule has 0 aliphatic carbocycles. The van der Waals surface area contributed by atoms with Gasteiger partial charge in [-0.2, -0.15) is 0 Å². The van der Waals surface area contributed by atoms with E-state index >= 15 is 0 Å². The van der Waals surface area contributed by atoms with Gasteiger partial charge in [0.25, 0.3) is 0 Å². The number of hydrogen-bond acceptors (Lipinski definition) is 4. The van der Waals surface area contributed by atoms with Crippen molar-refractivity contribution in [1.29, 1.82) is 0 Å². The van der Waals surface area contributed by atoms with E-state index in [2.05, 4.69) is 20.9 Å². The molecule has 0 saturated carbocycles. The van der Waals surface area contributed by atoms with Crippen molar-refractivity contribution in [2.45, 2.75) is 34.2 Å². The van der Waals surface area contributed by atoms with Crippen LogP contribution in [0.15, 0.2) is 23.2 Å². The molecular weight excluding hydrogens is 459 g/mol. The molecule has 0 saturated heterocycles. The maximum absolute atomic E-state index is 12.1. The van der Waals surface area contributed by atoms with Crippen molar-refractivity contribution in [3.63, 3.8) is 0 Å². The molecule has 0 atom stereocenters. The number of hydrogen-bond donors (Lipinski definition) is 3. The minimum Gasteiger partial charge on any atom is -0.493 e. The fourth-order valence-electron chi connectivity index (χ4n) is 2.28. The molecule has 1 amide bonds. The highest BCUT2D eigenvalue weighted by molar-refractivity contribution is 14.0. The number of benzene rings is 1. The number of carbonyl (C=O) groups excluding carboxylic acids is 1. The minimum absolute atomic E-state index is 0. The molecule has 1 rings (SSSR count). The summed E-state index contributed by atoms with van der Waals surface area (Å²) < 4.78 is 10.6. The standard InChI is InChI=1S/C19H32N4O3.HI/c1-7-20-17(24)19(3,4)13-23-18(21-8-2)22-12-14-9-10-15(25-5)16(11-14)26-6;/h9-11H,7-8,12-13H2,1-6H3,(H,20,24)(H2,21,22,23);1H. The average molecular weight is 492 g/mol. The largest absolute Gasteiger partial charge is 0.493 e. The minimum atomic E-state index is -0.532. The second-order valence-electron chi connectivity index (χ2n) is 6.48. The monoisotopic (exact) mass is 492 g/mol. The third-order valence-electron chi connectivity index (χ3n) is 3.86. The smallest absolute Gasteiger partial charge is 0.227 e. The van der Waals surface area contributed by atoms with Crippen LogP contribution in [0.2, 0.25) is 0 Å². The number of nitrogens with one attached hydrogen (secondary N) is 3.